The minimum absolute atomic E-state index is 0.0233. The fourth-order valence-electron chi connectivity index (χ4n) is 1.72. The highest BCUT2D eigenvalue weighted by atomic mass is 35.5. The first-order valence-electron chi connectivity index (χ1n) is 7.01. The smallest absolute Gasteiger partial charge is 0.313 e. The lowest BCUT2D eigenvalue weighted by Gasteiger charge is -2.10. The Labute approximate surface area is 154 Å². The number of halogens is 3. The van der Waals surface area contributed by atoms with E-state index in [1.54, 1.807) is 32.0 Å². The number of aliphatic imine (C=N–C) groups is 1. The fraction of sp³-hybridized carbons (Fsp3) is 0.176. The number of nitrogens with zero attached hydrogens (tertiary/aromatic N) is 1. The van der Waals surface area contributed by atoms with Gasteiger partial charge < -0.3 is 9.84 Å². The molecular formula is C17H14Cl3NO3. The molecule has 0 amide bonds. The lowest BCUT2D eigenvalue weighted by Crippen LogP contribution is -2.15. The molecule has 0 aromatic heterocycles. The normalized spacial score (nSPS) is 11.2. The van der Waals surface area contributed by atoms with Crippen molar-refractivity contribution in [3.8, 4) is 11.5 Å². The van der Waals surface area contributed by atoms with Gasteiger partial charge in [-0.1, -0.05) is 48.7 Å². The Balaban J connectivity index is 2.35. The van der Waals surface area contributed by atoms with Crippen LogP contribution >= 0.6 is 34.8 Å². The first-order valence-corrected chi connectivity index (χ1v) is 8.14. The Morgan fingerprint density at radius 2 is 1.88 bits per heavy atom. The van der Waals surface area contributed by atoms with Crippen LogP contribution in [0.1, 0.15) is 19.4 Å². The Bertz CT molecular complexity index is 804. The van der Waals surface area contributed by atoms with Crippen LogP contribution in [-0.4, -0.2) is 17.3 Å². The van der Waals surface area contributed by atoms with Crippen LogP contribution in [0.3, 0.4) is 0 Å². The summed E-state index contributed by atoms with van der Waals surface area (Å²) < 4.78 is 5.14. The third-order valence-corrected chi connectivity index (χ3v) is 3.76. The molecule has 0 spiro atoms. The molecule has 0 aliphatic heterocycles. The van der Waals surface area contributed by atoms with Crippen molar-refractivity contribution in [2.75, 3.05) is 0 Å². The zero-order chi connectivity index (χ0) is 17.9. The summed E-state index contributed by atoms with van der Waals surface area (Å²) in [5, 5.41) is 11.4. The highest BCUT2D eigenvalue weighted by Gasteiger charge is 2.16. The molecule has 0 aliphatic rings. The number of rotatable bonds is 4. The van der Waals surface area contributed by atoms with E-state index in [-0.39, 0.29) is 17.4 Å². The maximum absolute atomic E-state index is 11.7. The molecular weight excluding hydrogens is 373 g/mol. The summed E-state index contributed by atoms with van der Waals surface area (Å²) >= 11 is 17.9. The highest BCUT2D eigenvalue weighted by Crippen LogP contribution is 2.34. The summed E-state index contributed by atoms with van der Waals surface area (Å²) in [7, 11) is 0. The predicted molar refractivity (Wildman–Crippen MR) is 97.3 cm³/mol. The van der Waals surface area contributed by atoms with E-state index in [0.29, 0.717) is 26.3 Å². The minimum atomic E-state index is -0.476. The fourth-order valence-corrected chi connectivity index (χ4v) is 2.40. The summed E-state index contributed by atoms with van der Waals surface area (Å²) in [6.07, 6.45) is 1.38. The number of carbonyl (C=O) groups excluding carboxylic acids is 1. The van der Waals surface area contributed by atoms with Gasteiger partial charge in [0.15, 0.2) is 11.5 Å². The standard InChI is InChI=1S/C17H14Cl3NO3/c1-9(2)17(23)24-15-7-12(19)5-10(16(15)22)8-21-14-4-3-11(18)6-13(14)20/h3-9,22H,1-2H3. The third-order valence-electron chi connectivity index (χ3n) is 3.00. The van der Waals surface area contributed by atoms with Gasteiger partial charge in [0.05, 0.1) is 16.6 Å². The molecule has 2 rings (SSSR count). The first kappa shape index (κ1) is 18.6. The predicted octanol–water partition coefficient (Wildman–Crippen LogP) is 5.66. The number of hydrogen-bond donors (Lipinski definition) is 1. The third kappa shape index (κ3) is 4.63. The van der Waals surface area contributed by atoms with Crippen molar-refractivity contribution in [3.05, 3.63) is 51.0 Å². The minimum Gasteiger partial charge on any atom is -0.504 e. The van der Waals surface area contributed by atoms with Crippen molar-refractivity contribution < 1.29 is 14.6 Å². The lowest BCUT2D eigenvalue weighted by atomic mass is 10.2. The number of benzene rings is 2. The number of carbonyl (C=O) groups is 1. The van der Waals surface area contributed by atoms with Crippen LogP contribution in [-0.2, 0) is 4.79 Å². The summed E-state index contributed by atoms with van der Waals surface area (Å²) in [4.78, 5) is 15.9. The average molecular weight is 387 g/mol. The van der Waals surface area contributed by atoms with E-state index in [1.807, 2.05) is 0 Å². The summed E-state index contributed by atoms with van der Waals surface area (Å²) in [5.41, 5.74) is 0.765. The quantitative estimate of drug-likeness (QED) is 0.419. The van der Waals surface area contributed by atoms with E-state index < -0.39 is 5.97 Å². The molecule has 24 heavy (non-hydrogen) atoms. The molecule has 126 valence electrons. The summed E-state index contributed by atoms with van der Waals surface area (Å²) in [6.45, 7) is 3.38. The second kappa shape index (κ2) is 7.88. The molecule has 2 aromatic carbocycles. The van der Waals surface area contributed by atoms with Gasteiger partial charge in [-0.15, -0.1) is 0 Å². The first-order chi connectivity index (χ1) is 11.3. The second-order valence-corrected chi connectivity index (χ2v) is 6.55. The van der Waals surface area contributed by atoms with E-state index in [1.165, 1.54) is 18.3 Å². The molecule has 0 saturated carbocycles. The number of aromatic hydroxyl groups is 1. The topological polar surface area (TPSA) is 58.9 Å². The van der Waals surface area contributed by atoms with Crippen LogP contribution in [0.4, 0.5) is 5.69 Å². The van der Waals surface area contributed by atoms with Crippen molar-refractivity contribution in [1.82, 2.24) is 0 Å². The summed E-state index contributed by atoms with van der Waals surface area (Å²) in [6, 6.07) is 7.71. The van der Waals surface area contributed by atoms with Gasteiger partial charge in [-0.25, -0.2) is 0 Å². The van der Waals surface area contributed by atoms with Crippen LogP contribution in [0.2, 0.25) is 15.1 Å². The molecule has 1 N–H and O–H groups in total. The average Bonchev–Trinajstić information content (AvgIpc) is 2.50. The zero-order valence-corrected chi connectivity index (χ0v) is 15.2. The molecule has 0 heterocycles. The highest BCUT2D eigenvalue weighted by molar-refractivity contribution is 6.36. The number of esters is 1. The number of phenols is 1. The maximum Gasteiger partial charge on any atom is 0.313 e. The van der Waals surface area contributed by atoms with Crippen LogP contribution < -0.4 is 4.74 Å². The monoisotopic (exact) mass is 385 g/mol. The van der Waals surface area contributed by atoms with Crippen LogP contribution in [0, 0.1) is 5.92 Å². The Hall–Kier alpha value is -1.75. The summed E-state index contributed by atoms with van der Waals surface area (Å²) in [5.74, 6) is -1.07. The molecule has 0 bridgehead atoms. The Morgan fingerprint density at radius 3 is 2.50 bits per heavy atom. The van der Waals surface area contributed by atoms with Gasteiger partial charge in [-0.2, -0.15) is 0 Å². The number of ether oxygens (including phenoxy) is 1. The van der Waals surface area contributed by atoms with Crippen molar-refractivity contribution in [2.45, 2.75) is 13.8 Å². The van der Waals surface area contributed by atoms with Crippen molar-refractivity contribution >= 4 is 52.7 Å². The van der Waals surface area contributed by atoms with Gasteiger partial charge in [-0.3, -0.25) is 9.79 Å². The van der Waals surface area contributed by atoms with Gasteiger partial charge >= 0.3 is 5.97 Å². The molecule has 4 nitrogen and oxygen atoms in total. The molecule has 0 atom stereocenters. The van der Waals surface area contributed by atoms with Gasteiger partial charge in [0.1, 0.15) is 0 Å². The van der Waals surface area contributed by atoms with Crippen molar-refractivity contribution in [2.24, 2.45) is 10.9 Å². The Morgan fingerprint density at radius 1 is 1.17 bits per heavy atom. The Kier molecular flexibility index (Phi) is 6.10. The van der Waals surface area contributed by atoms with E-state index in [0.717, 1.165) is 0 Å². The van der Waals surface area contributed by atoms with Crippen LogP contribution in [0.5, 0.6) is 11.5 Å². The molecule has 0 aliphatic carbocycles. The van der Waals surface area contributed by atoms with Crippen LogP contribution in [0.15, 0.2) is 35.3 Å². The lowest BCUT2D eigenvalue weighted by molar-refractivity contribution is -0.137. The van der Waals surface area contributed by atoms with E-state index in [9.17, 15) is 9.90 Å². The van der Waals surface area contributed by atoms with E-state index in [4.69, 9.17) is 39.5 Å². The molecule has 0 unspecified atom stereocenters. The van der Waals surface area contributed by atoms with Gasteiger partial charge in [0.25, 0.3) is 0 Å². The van der Waals surface area contributed by atoms with Gasteiger partial charge in [-0.05, 0) is 24.3 Å². The zero-order valence-electron chi connectivity index (χ0n) is 12.9. The van der Waals surface area contributed by atoms with Crippen LogP contribution in [0.25, 0.3) is 0 Å². The van der Waals surface area contributed by atoms with E-state index in [2.05, 4.69) is 4.99 Å². The van der Waals surface area contributed by atoms with Gasteiger partial charge in [0, 0.05) is 27.9 Å². The van der Waals surface area contributed by atoms with E-state index >= 15 is 0 Å². The van der Waals surface area contributed by atoms with Crippen molar-refractivity contribution in [1.29, 1.82) is 0 Å². The number of hydrogen-bond acceptors (Lipinski definition) is 4. The molecule has 0 saturated heterocycles. The SMILES string of the molecule is CC(C)C(=O)Oc1cc(Cl)cc(C=Nc2ccc(Cl)cc2Cl)c1O. The molecule has 0 radical (unpaired) electrons. The molecule has 7 heteroatoms. The molecule has 2 aromatic rings. The van der Waals surface area contributed by atoms with Crippen molar-refractivity contribution in [3.63, 3.8) is 0 Å². The maximum atomic E-state index is 11.7. The second-order valence-electron chi connectivity index (χ2n) is 5.27. The largest absolute Gasteiger partial charge is 0.504 e. The number of phenolic OH excluding ortho intramolecular Hbond substituents is 1. The molecule has 0 fully saturated rings. The van der Waals surface area contributed by atoms with Gasteiger partial charge in [0.2, 0.25) is 0 Å².